The van der Waals surface area contributed by atoms with Gasteiger partial charge in [0.25, 0.3) is 0 Å². The number of ether oxygens (including phenoxy) is 1. The Morgan fingerprint density at radius 3 is 2.65 bits per heavy atom. The van der Waals surface area contributed by atoms with Gasteiger partial charge in [-0.3, -0.25) is 14.9 Å². The maximum atomic E-state index is 11.9. The lowest BCUT2D eigenvalue weighted by Gasteiger charge is -2.24. The van der Waals surface area contributed by atoms with Gasteiger partial charge in [-0.1, -0.05) is 0 Å². The molecule has 0 saturated carbocycles. The van der Waals surface area contributed by atoms with E-state index in [1.165, 1.54) is 4.90 Å². The Hall–Kier alpha value is -2.11. The highest BCUT2D eigenvalue weighted by Crippen LogP contribution is 2.16. The first-order chi connectivity index (χ1) is 9.37. The number of pyridine rings is 1. The van der Waals surface area contributed by atoms with Gasteiger partial charge in [-0.2, -0.15) is 0 Å². The van der Waals surface area contributed by atoms with Crippen LogP contribution < -0.4 is 10.2 Å². The van der Waals surface area contributed by atoms with Crippen LogP contribution in [0, 0.1) is 0 Å². The third-order valence-corrected chi connectivity index (χ3v) is 2.72. The van der Waals surface area contributed by atoms with Crippen LogP contribution in [0.4, 0.5) is 10.5 Å². The number of hydrogen-bond acceptors (Lipinski definition) is 5. The monoisotopic (exact) mass is 276 g/mol. The summed E-state index contributed by atoms with van der Waals surface area (Å²) in [6.45, 7) is 7.13. The Morgan fingerprint density at radius 2 is 2.15 bits per heavy atom. The Balaban J connectivity index is 2.07. The van der Waals surface area contributed by atoms with Crippen molar-refractivity contribution in [1.82, 2.24) is 10.3 Å². The minimum atomic E-state index is -0.513. The highest BCUT2D eigenvalue weighted by atomic mass is 16.6. The lowest BCUT2D eigenvalue weighted by molar-refractivity contribution is 0.0589. The van der Waals surface area contributed by atoms with Crippen molar-refractivity contribution in [1.29, 1.82) is 0 Å². The molecule has 2 heterocycles. The summed E-state index contributed by atoms with van der Waals surface area (Å²) < 4.78 is 5.31. The zero-order chi connectivity index (χ0) is 14.8. The van der Waals surface area contributed by atoms with Crippen molar-refractivity contribution in [3.05, 3.63) is 24.0 Å². The zero-order valence-corrected chi connectivity index (χ0v) is 12.3. The van der Waals surface area contributed by atoms with Gasteiger partial charge in [0.1, 0.15) is 17.1 Å². The number of carbonyl (C=O) groups is 1. The molecule has 20 heavy (non-hydrogen) atoms. The molecule has 2 rings (SSSR count). The number of rotatable bonds is 2. The number of amidine groups is 1. The van der Waals surface area contributed by atoms with Gasteiger partial charge in [0, 0.05) is 13.6 Å². The first-order valence-corrected chi connectivity index (χ1v) is 6.58. The summed E-state index contributed by atoms with van der Waals surface area (Å²) in [6, 6.07) is 3.67. The Labute approximate surface area is 118 Å². The standard InChI is InChI=1S/C14H20N4O2/c1-14(2,3)20-13(19)18(4)10-5-6-11(17-9-10)12-15-7-8-16-12/h5-6,9H,7-8H2,1-4H3,(H,15,16). The summed E-state index contributed by atoms with van der Waals surface area (Å²) in [6.07, 6.45) is 1.24. The molecule has 108 valence electrons. The van der Waals surface area contributed by atoms with Crippen molar-refractivity contribution in [2.24, 2.45) is 4.99 Å². The molecule has 1 aliphatic heterocycles. The van der Waals surface area contributed by atoms with E-state index in [-0.39, 0.29) is 0 Å². The second-order valence-electron chi connectivity index (χ2n) is 5.60. The summed E-state index contributed by atoms with van der Waals surface area (Å²) in [5, 5.41) is 3.16. The summed E-state index contributed by atoms with van der Waals surface area (Å²) in [5.41, 5.74) is 0.951. The summed E-state index contributed by atoms with van der Waals surface area (Å²) in [5.74, 6) is 0.802. The van der Waals surface area contributed by atoms with Crippen LogP contribution in [0.3, 0.4) is 0 Å². The van der Waals surface area contributed by atoms with E-state index in [1.54, 1.807) is 13.2 Å². The molecule has 0 fully saturated rings. The van der Waals surface area contributed by atoms with Crippen LogP contribution in [0.15, 0.2) is 23.3 Å². The molecule has 1 aromatic rings. The second kappa shape index (κ2) is 5.48. The molecule has 0 bridgehead atoms. The quantitative estimate of drug-likeness (QED) is 0.894. The zero-order valence-electron chi connectivity index (χ0n) is 12.3. The fourth-order valence-corrected chi connectivity index (χ4v) is 1.73. The third-order valence-electron chi connectivity index (χ3n) is 2.72. The minimum absolute atomic E-state index is 0.400. The minimum Gasteiger partial charge on any atom is -0.443 e. The fraction of sp³-hybridized carbons (Fsp3) is 0.500. The molecule has 1 amide bonds. The number of aromatic nitrogens is 1. The van der Waals surface area contributed by atoms with E-state index >= 15 is 0 Å². The van der Waals surface area contributed by atoms with Gasteiger partial charge < -0.3 is 10.1 Å². The van der Waals surface area contributed by atoms with Crippen LogP contribution in [0.5, 0.6) is 0 Å². The smallest absolute Gasteiger partial charge is 0.414 e. The van der Waals surface area contributed by atoms with Crippen LogP contribution in [0.1, 0.15) is 26.5 Å². The summed E-state index contributed by atoms with van der Waals surface area (Å²) in [4.78, 5) is 22.0. The number of nitrogens with zero attached hydrogens (tertiary/aromatic N) is 3. The molecule has 1 aromatic heterocycles. The summed E-state index contributed by atoms with van der Waals surface area (Å²) in [7, 11) is 1.66. The van der Waals surface area contributed by atoms with Crippen molar-refractivity contribution in [2.45, 2.75) is 26.4 Å². The molecule has 0 radical (unpaired) electrons. The van der Waals surface area contributed by atoms with Crippen molar-refractivity contribution >= 4 is 17.6 Å². The van der Waals surface area contributed by atoms with Gasteiger partial charge in [-0.05, 0) is 32.9 Å². The normalized spacial score (nSPS) is 14.5. The molecule has 0 spiro atoms. The number of amides is 1. The molecule has 1 N–H and O–H groups in total. The molecule has 0 aliphatic carbocycles. The lowest BCUT2D eigenvalue weighted by atomic mass is 10.2. The van der Waals surface area contributed by atoms with E-state index in [0.29, 0.717) is 5.69 Å². The van der Waals surface area contributed by atoms with Crippen molar-refractivity contribution in [2.75, 3.05) is 25.0 Å². The van der Waals surface area contributed by atoms with E-state index in [0.717, 1.165) is 24.6 Å². The van der Waals surface area contributed by atoms with Crippen LogP contribution in [-0.4, -0.2) is 42.7 Å². The van der Waals surface area contributed by atoms with Gasteiger partial charge in [0.15, 0.2) is 0 Å². The highest BCUT2D eigenvalue weighted by Gasteiger charge is 2.21. The highest BCUT2D eigenvalue weighted by molar-refractivity contribution is 5.98. The number of nitrogens with one attached hydrogen (secondary N) is 1. The molecule has 0 saturated heterocycles. The second-order valence-corrected chi connectivity index (χ2v) is 5.60. The average Bonchev–Trinajstić information content (AvgIpc) is 2.90. The summed E-state index contributed by atoms with van der Waals surface area (Å²) >= 11 is 0. The van der Waals surface area contributed by atoms with Crippen molar-refractivity contribution in [3.8, 4) is 0 Å². The topological polar surface area (TPSA) is 66.8 Å². The largest absolute Gasteiger partial charge is 0.443 e. The average molecular weight is 276 g/mol. The maximum absolute atomic E-state index is 11.9. The van der Waals surface area contributed by atoms with Gasteiger partial charge in [-0.25, -0.2) is 4.79 Å². The molecule has 0 aromatic carbocycles. The number of anilines is 1. The fourth-order valence-electron chi connectivity index (χ4n) is 1.73. The third kappa shape index (κ3) is 3.46. The Bertz CT molecular complexity index is 517. The number of carbonyl (C=O) groups excluding carboxylic acids is 1. The molecular formula is C14H20N4O2. The number of hydrogen-bond donors (Lipinski definition) is 1. The first-order valence-electron chi connectivity index (χ1n) is 6.58. The van der Waals surface area contributed by atoms with E-state index in [2.05, 4.69) is 15.3 Å². The predicted octanol–water partition coefficient (Wildman–Crippen LogP) is 1.80. The molecule has 0 atom stereocenters. The van der Waals surface area contributed by atoms with E-state index in [4.69, 9.17) is 4.74 Å². The SMILES string of the molecule is CN(C(=O)OC(C)(C)C)c1ccc(C2=NCCN2)nc1. The van der Waals surface area contributed by atoms with Crippen LogP contribution in [0.25, 0.3) is 0 Å². The van der Waals surface area contributed by atoms with Crippen LogP contribution in [0.2, 0.25) is 0 Å². The molecule has 1 aliphatic rings. The Morgan fingerprint density at radius 1 is 1.40 bits per heavy atom. The molecule has 6 nitrogen and oxygen atoms in total. The van der Waals surface area contributed by atoms with Crippen LogP contribution >= 0.6 is 0 Å². The van der Waals surface area contributed by atoms with E-state index < -0.39 is 11.7 Å². The van der Waals surface area contributed by atoms with E-state index in [1.807, 2.05) is 32.9 Å². The molecular weight excluding hydrogens is 256 g/mol. The van der Waals surface area contributed by atoms with Gasteiger partial charge in [-0.15, -0.1) is 0 Å². The number of aliphatic imine (C=N–C) groups is 1. The van der Waals surface area contributed by atoms with E-state index in [9.17, 15) is 4.79 Å². The lowest BCUT2D eigenvalue weighted by Crippen LogP contribution is -2.34. The van der Waals surface area contributed by atoms with Gasteiger partial charge in [0.2, 0.25) is 0 Å². The molecule has 6 heteroatoms. The Kier molecular flexibility index (Phi) is 3.92. The van der Waals surface area contributed by atoms with Crippen molar-refractivity contribution in [3.63, 3.8) is 0 Å². The van der Waals surface area contributed by atoms with Crippen molar-refractivity contribution < 1.29 is 9.53 Å². The van der Waals surface area contributed by atoms with Gasteiger partial charge >= 0.3 is 6.09 Å². The predicted molar refractivity (Wildman–Crippen MR) is 78.3 cm³/mol. The first kappa shape index (κ1) is 14.3. The van der Waals surface area contributed by atoms with Crippen LogP contribution in [-0.2, 0) is 4.74 Å². The molecule has 0 unspecified atom stereocenters. The van der Waals surface area contributed by atoms with Gasteiger partial charge in [0.05, 0.1) is 18.4 Å². The maximum Gasteiger partial charge on any atom is 0.414 e.